The molecular formula is C13H18N4O. The Morgan fingerprint density at radius 2 is 2.11 bits per heavy atom. The topological polar surface area (TPSA) is 73.1 Å². The Labute approximate surface area is 106 Å². The zero-order chi connectivity index (χ0) is 13.0. The molecule has 0 aliphatic rings. The van der Waals surface area contributed by atoms with E-state index in [0.29, 0.717) is 13.2 Å². The lowest BCUT2D eigenvalue weighted by molar-refractivity contribution is 0.0855. The molecule has 1 atom stereocenters. The van der Waals surface area contributed by atoms with Gasteiger partial charge in [0.05, 0.1) is 11.6 Å². The third-order valence-corrected chi connectivity index (χ3v) is 2.63. The van der Waals surface area contributed by atoms with E-state index in [4.69, 9.17) is 10.5 Å². The Kier molecular flexibility index (Phi) is 3.94. The van der Waals surface area contributed by atoms with Gasteiger partial charge in [0.1, 0.15) is 5.82 Å². The summed E-state index contributed by atoms with van der Waals surface area (Å²) in [4.78, 5) is 8.43. The van der Waals surface area contributed by atoms with Crippen LogP contribution in [0.5, 0.6) is 0 Å². The van der Waals surface area contributed by atoms with Gasteiger partial charge in [0.2, 0.25) is 5.95 Å². The fourth-order valence-corrected chi connectivity index (χ4v) is 1.81. The van der Waals surface area contributed by atoms with Crippen molar-refractivity contribution in [1.82, 2.24) is 9.97 Å². The summed E-state index contributed by atoms with van der Waals surface area (Å²) < 4.78 is 5.47. The number of fused-ring (bicyclic) bond motifs is 1. The minimum Gasteiger partial charge on any atom is -0.377 e. The third-order valence-electron chi connectivity index (χ3n) is 2.63. The first-order valence-electron chi connectivity index (χ1n) is 6.08. The second kappa shape index (κ2) is 5.64. The van der Waals surface area contributed by atoms with Gasteiger partial charge < -0.3 is 15.8 Å². The minimum atomic E-state index is 0.130. The van der Waals surface area contributed by atoms with Crippen LogP contribution in [0.15, 0.2) is 24.3 Å². The first kappa shape index (κ1) is 12.6. The molecule has 1 unspecified atom stereocenters. The number of aromatic nitrogens is 2. The molecule has 5 nitrogen and oxygen atoms in total. The van der Waals surface area contributed by atoms with Crippen LogP contribution in [0.25, 0.3) is 10.9 Å². The predicted molar refractivity (Wildman–Crippen MR) is 73.5 cm³/mol. The van der Waals surface area contributed by atoms with E-state index in [1.165, 1.54) is 0 Å². The predicted octanol–water partition coefficient (Wildman–Crippen LogP) is 2.05. The van der Waals surface area contributed by atoms with Crippen LogP contribution in [0.2, 0.25) is 0 Å². The van der Waals surface area contributed by atoms with Crippen LogP contribution in [0.3, 0.4) is 0 Å². The molecule has 0 amide bonds. The molecule has 1 heterocycles. The number of nitrogens with two attached hydrogens (primary N) is 1. The van der Waals surface area contributed by atoms with Gasteiger partial charge in [-0.15, -0.1) is 0 Å². The van der Waals surface area contributed by atoms with E-state index in [1.807, 2.05) is 38.1 Å². The zero-order valence-electron chi connectivity index (χ0n) is 10.7. The highest BCUT2D eigenvalue weighted by Crippen LogP contribution is 2.20. The number of nitrogen functional groups attached to an aromatic ring is 1. The van der Waals surface area contributed by atoms with Gasteiger partial charge in [-0.1, -0.05) is 12.1 Å². The van der Waals surface area contributed by atoms with Crippen LogP contribution in [0.4, 0.5) is 11.8 Å². The summed E-state index contributed by atoms with van der Waals surface area (Å²) in [7, 11) is 0. The number of anilines is 2. The second-order valence-electron chi connectivity index (χ2n) is 4.09. The number of para-hydroxylation sites is 1. The van der Waals surface area contributed by atoms with Crippen molar-refractivity contribution in [2.75, 3.05) is 24.2 Å². The maximum Gasteiger partial charge on any atom is 0.222 e. The van der Waals surface area contributed by atoms with Gasteiger partial charge >= 0.3 is 0 Å². The summed E-state index contributed by atoms with van der Waals surface area (Å²) in [5.74, 6) is 1.03. The summed E-state index contributed by atoms with van der Waals surface area (Å²) in [6, 6.07) is 7.79. The normalized spacial score (nSPS) is 12.6. The molecule has 0 aliphatic carbocycles. The molecular weight excluding hydrogens is 228 g/mol. The van der Waals surface area contributed by atoms with E-state index < -0.39 is 0 Å². The highest BCUT2D eigenvalue weighted by atomic mass is 16.5. The van der Waals surface area contributed by atoms with Gasteiger partial charge in [-0.25, -0.2) is 4.98 Å². The highest BCUT2D eigenvalue weighted by Gasteiger charge is 2.07. The fourth-order valence-electron chi connectivity index (χ4n) is 1.81. The lowest BCUT2D eigenvalue weighted by atomic mass is 10.2. The Morgan fingerprint density at radius 1 is 1.33 bits per heavy atom. The molecule has 18 heavy (non-hydrogen) atoms. The molecule has 96 valence electrons. The number of ether oxygens (including phenoxy) is 1. The number of nitrogens with one attached hydrogen (secondary N) is 1. The zero-order valence-corrected chi connectivity index (χ0v) is 10.7. The van der Waals surface area contributed by atoms with Crippen molar-refractivity contribution in [3.63, 3.8) is 0 Å². The van der Waals surface area contributed by atoms with Gasteiger partial charge in [-0.05, 0) is 26.0 Å². The SMILES string of the molecule is CCOC(C)CNc1nc(N)nc2ccccc12. The number of hydrogen-bond acceptors (Lipinski definition) is 5. The van der Waals surface area contributed by atoms with E-state index in [2.05, 4.69) is 15.3 Å². The van der Waals surface area contributed by atoms with Crippen LogP contribution in [0, 0.1) is 0 Å². The second-order valence-corrected chi connectivity index (χ2v) is 4.09. The van der Waals surface area contributed by atoms with Crippen molar-refractivity contribution in [2.45, 2.75) is 20.0 Å². The molecule has 3 N–H and O–H groups in total. The summed E-state index contributed by atoms with van der Waals surface area (Å²) in [6.45, 7) is 5.39. The largest absolute Gasteiger partial charge is 0.377 e. The average Bonchev–Trinajstić information content (AvgIpc) is 2.36. The van der Waals surface area contributed by atoms with Gasteiger partial charge in [0.25, 0.3) is 0 Å². The van der Waals surface area contributed by atoms with Crippen molar-refractivity contribution in [3.05, 3.63) is 24.3 Å². The van der Waals surface area contributed by atoms with Crippen molar-refractivity contribution in [2.24, 2.45) is 0 Å². The first-order chi connectivity index (χ1) is 8.70. The quantitative estimate of drug-likeness (QED) is 0.844. The van der Waals surface area contributed by atoms with Crippen LogP contribution < -0.4 is 11.1 Å². The Hall–Kier alpha value is -1.88. The van der Waals surface area contributed by atoms with E-state index in [9.17, 15) is 0 Å². The Morgan fingerprint density at radius 3 is 2.89 bits per heavy atom. The average molecular weight is 246 g/mol. The van der Waals surface area contributed by atoms with E-state index >= 15 is 0 Å². The summed E-state index contributed by atoms with van der Waals surface area (Å²) >= 11 is 0. The highest BCUT2D eigenvalue weighted by molar-refractivity contribution is 5.89. The lowest BCUT2D eigenvalue weighted by Crippen LogP contribution is -2.20. The summed E-state index contributed by atoms with van der Waals surface area (Å²) in [5, 5.41) is 4.22. The van der Waals surface area contributed by atoms with E-state index in [-0.39, 0.29) is 12.1 Å². The number of hydrogen-bond donors (Lipinski definition) is 2. The van der Waals surface area contributed by atoms with Gasteiger partial charge in [-0.3, -0.25) is 0 Å². The molecule has 0 saturated heterocycles. The monoisotopic (exact) mass is 246 g/mol. The standard InChI is InChI=1S/C13H18N4O/c1-3-18-9(2)8-15-12-10-6-4-5-7-11(10)16-13(14)17-12/h4-7,9H,3,8H2,1-2H3,(H3,14,15,16,17). The van der Waals surface area contributed by atoms with E-state index in [1.54, 1.807) is 0 Å². The molecule has 1 aromatic heterocycles. The van der Waals surface area contributed by atoms with Gasteiger partial charge in [-0.2, -0.15) is 4.98 Å². The smallest absolute Gasteiger partial charge is 0.222 e. The molecule has 1 aromatic carbocycles. The van der Waals surface area contributed by atoms with Crippen LogP contribution in [0.1, 0.15) is 13.8 Å². The number of benzene rings is 1. The van der Waals surface area contributed by atoms with E-state index in [0.717, 1.165) is 16.7 Å². The number of rotatable bonds is 5. The fraction of sp³-hybridized carbons (Fsp3) is 0.385. The maximum absolute atomic E-state index is 5.70. The van der Waals surface area contributed by atoms with Gasteiger partial charge in [0, 0.05) is 18.5 Å². The van der Waals surface area contributed by atoms with Crippen LogP contribution in [-0.2, 0) is 4.74 Å². The molecule has 0 radical (unpaired) electrons. The van der Waals surface area contributed by atoms with Crippen molar-refractivity contribution >= 4 is 22.7 Å². The summed E-state index contributed by atoms with van der Waals surface area (Å²) in [6.07, 6.45) is 0.130. The Bertz CT molecular complexity index is 529. The van der Waals surface area contributed by atoms with Gasteiger partial charge in [0.15, 0.2) is 0 Å². The molecule has 0 fully saturated rings. The van der Waals surface area contributed by atoms with Crippen LogP contribution >= 0.6 is 0 Å². The van der Waals surface area contributed by atoms with Crippen molar-refractivity contribution in [3.8, 4) is 0 Å². The molecule has 0 spiro atoms. The van der Waals surface area contributed by atoms with Crippen LogP contribution in [-0.4, -0.2) is 29.2 Å². The molecule has 0 bridgehead atoms. The third kappa shape index (κ3) is 2.87. The molecule has 0 saturated carbocycles. The minimum absolute atomic E-state index is 0.130. The molecule has 2 aromatic rings. The summed E-state index contributed by atoms with van der Waals surface area (Å²) in [5.41, 5.74) is 6.54. The lowest BCUT2D eigenvalue weighted by Gasteiger charge is -2.14. The molecule has 2 rings (SSSR count). The Balaban J connectivity index is 2.21. The molecule has 5 heteroatoms. The van der Waals surface area contributed by atoms with Crippen molar-refractivity contribution in [1.29, 1.82) is 0 Å². The first-order valence-corrected chi connectivity index (χ1v) is 6.08. The molecule has 0 aliphatic heterocycles. The van der Waals surface area contributed by atoms with Crippen molar-refractivity contribution < 1.29 is 4.74 Å². The number of nitrogens with zero attached hydrogens (tertiary/aromatic N) is 2. The maximum atomic E-state index is 5.70.